The van der Waals surface area contributed by atoms with Gasteiger partial charge < -0.3 is 15.0 Å². The molecule has 0 saturated heterocycles. The molecule has 1 aromatic heterocycles. The summed E-state index contributed by atoms with van der Waals surface area (Å²) in [6.45, 7) is 0. The van der Waals surface area contributed by atoms with Gasteiger partial charge in [0, 0.05) is 11.6 Å². The van der Waals surface area contributed by atoms with E-state index in [9.17, 15) is 14.9 Å². The van der Waals surface area contributed by atoms with Gasteiger partial charge in [-0.05, 0) is 42.7 Å². The number of H-pyrrole nitrogens is 1. The molecule has 2 aromatic carbocycles. The topological polar surface area (TPSA) is 110 Å². The standard InChI is InChI=1S/C19H20N4O4S/c1-27-17-8-7-12(11-16(17)23(25)26)19(24)22-15(9-10-28-2)18-20-13-5-3-4-6-14(13)21-18/h3-8,11,15H,9-10H2,1-2H3,(H,20,21)(H,22,24)/t15-/m0/s1. The zero-order valence-electron chi connectivity index (χ0n) is 15.5. The van der Waals surface area contributed by atoms with E-state index in [1.54, 1.807) is 11.8 Å². The summed E-state index contributed by atoms with van der Waals surface area (Å²) in [6, 6.07) is 11.4. The van der Waals surface area contributed by atoms with Crippen LogP contribution < -0.4 is 10.1 Å². The van der Waals surface area contributed by atoms with Crippen LogP contribution in [-0.2, 0) is 0 Å². The quantitative estimate of drug-likeness (QED) is 0.441. The molecule has 1 heterocycles. The van der Waals surface area contributed by atoms with Crippen molar-refractivity contribution < 1.29 is 14.5 Å². The first-order valence-corrected chi connectivity index (χ1v) is 9.99. The number of carbonyl (C=O) groups excluding carboxylic acids is 1. The number of nitrogens with one attached hydrogen (secondary N) is 2. The van der Waals surface area contributed by atoms with E-state index in [2.05, 4.69) is 15.3 Å². The summed E-state index contributed by atoms with van der Waals surface area (Å²) in [5, 5.41) is 14.2. The Kier molecular flexibility index (Phi) is 6.15. The summed E-state index contributed by atoms with van der Waals surface area (Å²) in [6.07, 6.45) is 2.66. The van der Waals surface area contributed by atoms with Crippen molar-refractivity contribution in [1.82, 2.24) is 15.3 Å². The molecule has 0 saturated carbocycles. The predicted molar refractivity (Wildman–Crippen MR) is 109 cm³/mol. The van der Waals surface area contributed by atoms with Gasteiger partial charge in [0.25, 0.3) is 5.91 Å². The van der Waals surface area contributed by atoms with Crippen LogP contribution in [-0.4, -0.2) is 39.9 Å². The van der Waals surface area contributed by atoms with Crippen LogP contribution in [0.3, 0.4) is 0 Å². The van der Waals surface area contributed by atoms with Gasteiger partial charge >= 0.3 is 5.69 Å². The Balaban J connectivity index is 1.87. The van der Waals surface area contributed by atoms with Crippen molar-refractivity contribution in [2.24, 2.45) is 0 Å². The molecule has 0 bridgehead atoms. The van der Waals surface area contributed by atoms with Gasteiger partial charge in [0.15, 0.2) is 5.75 Å². The van der Waals surface area contributed by atoms with Gasteiger partial charge in [-0.25, -0.2) is 4.98 Å². The number of methoxy groups -OCH3 is 1. The largest absolute Gasteiger partial charge is 0.490 e. The van der Waals surface area contributed by atoms with Crippen LogP contribution in [0.5, 0.6) is 5.75 Å². The van der Waals surface area contributed by atoms with Gasteiger partial charge in [0.2, 0.25) is 0 Å². The number of nitro benzene ring substituents is 1. The first kappa shape index (κ1) is 19.7. The number of para-hydroxylation sites is 2. The first-order chi connectivity index (χ1) is 13.5. The third-order valence-electron chi connectivity index (χ3n) is 4.29. The molecular formula is C19H20N4O4S. The Morgan fingerprint density at radius 2 is 2.14 bits per heavy atom. The first-order valence-electron chi connectivity index (χ1n) is 8.60. The van der Waals surface area contributed by atoms with Crippen LogP contribution in [0.15, 0.2) is 42.5 Å². The number of fused-ring (bicyclic) bond motifs is 1. The lowest BCUT2D eigenvalue weighted by Gasteiger charge is -2.16. The number of rotatable bonds is 8. The number of aromatic nitrogens is 2. The average Bonchev–Trinajstić information content (AvgIpc) is 3.14. The van der Waals surface area contributed by atoms with Crippen LogP contribution in [0.4, 0.5) is 5.69 Å². The molecule has 9 heteroatoms. The van der Waals surface area contributed by atoms with Gasteiger partial charge in [0.1, 0.15) is 5.82 Å². The maximum Gasteiger partial charge on any atom is 0.311 e. The monoisotopic (exact) mass is 400 g/mol. The molecule has 3 rings (SSSR count). The van der Waals surface area contributed by atoms with E-state index in [0.29, 0.717) is 12.2 Å². The molecule has 0 spiro atoms. The minimum absolute atomic E-state index is 0.109. The fourth-order valence-electron chi connectivity index (χ4n) is 2.87. The van der Waals surface area contributed by atoms with Crippen molar-refractivity contribution in [3.63, 3.8) is 0 Å². The van der Waals surface area contributed by atoms with Crippen molar-refractivity contribution in [2.75, 3.05) is 19.1 Å². The van der Waals surface area contributed by atoms with Crippen LogP contribution in [0.25, 0.3) is 11.0 Å². The Morgan fingerprint density at radius 3 is 2.82 bits per heavy atom. The van der Waals surface area contributed by atoms with Gasteiger partial charge in [-0.3, -0.25) is 14.9 Å². The summed E-state index contributed by atoms with van der Waals surface area (Å²) >= 11 is 1.67. The van der Waals surface area contributed by atoms with Crippen LogP contribution in [0.1, 0.15) is 28.6 Å². The van der Waals surface area contributed by atoms with E-state index in [-0.39, 0.29) is 23.0 Å². The molecule has 28 heavy (non-hydrogen) atoms. The molecule has 3 aromatic rings. The SMILES string of the molecule is COc1ccc(C(=O)N[C@@H](CCSC)c2nc3ccccc3[nH]2)cc1[N+](=O)[O-]. The second-order valence-corrected chi connectivity index (χ2v) is 7.08. The molecule has 0 aliphatic heterocycles. The van der Waals surface area contributed by atoms with Crippen LogP contribution in [0, 0.1) is 10.1 Å². The summed E-state index contributed by atoms with van der Waals surface area (Å²) in [5.74, 6) is 1.19. The molecule has 146 valence electrons. The number of hydrogen-bond acceptors (Lipinski definition) is 6. The minimum Gasteiger partial charge on any atom is -0.490 e. The second kappa shape index (κ2) is 8.75. The summed E-state index contributed by atoms with van der Waals surface area (Å²) in [7, 11) is 1.35. The molecule has 0 fully saturated rings. The predicted octanol–water partition coefficient (Wildman–Crippen LogP) is 3.70. The maximum absolute atomic E-state index is 12.8. The van der Waals surface area contributed by atoms with Gasteiger partial charge in [-0.15, -0.1) is 0 Å². The summed E-state index contributed by atoms with van der Waals surface area (Å²) in [4.78, 5) is 31.2. The molecule has 2 N–H and O–H groups in total. The lowest BCUT2D eigenvalue weighted by molar-refractivity contribution is -0.385. The highest BCUT2D eigenvalue weighted by atomic mass is 32.2. The number of hydrogen-bond donors (Lipinski definition) is 2. The Hall–Kier alpha value is -3.07. The molecule has 0 aliphatic carbocycles. The van der Waals surface area contributed by atoms with Gasteiger partial charge in [-0.1, -0.05) is 12.1 Å². The lowest BCUT2D eigenvalue weighted by atomic mass is 10.1. The third kappa shape index (κ3) is 4.25. The van der Waals surface area contributed by atoms with Gasteiger partial charge in [-0.2, -0.15) is 11.8 Å². The number of nitro groups is 1. The summed E-state index contributed by atoms with van der Waals surface area (Å²) < 4.78 is 4.99. The Labute approximate surface area is 165 Å². The van der Waals surface area contributed by atoms with Crippen LogP contribution >= 0.6 is 11.8 Å². The normalized spacial score (nSPS) is 11.9. The molecule has 0 unspecified atom stereocenters. The zero-order valence-corrected chi connectivity index (χ0v) is 16.3. The van der Waals surface area contributed by atoms with Crippen molar-refractivity contribution in [3.05, 3.63) is 64.0 Å². The Bertz CT molecular complexity index is 972. The van der Waals surface area contributed by atoms with E-state index in [1.807, 2.05) is 30.5 Å². The summed E-state index contributed by atoms with van der Waals surface area (Å²) in [5.41, 5.74) is 1.65. The molecular weight excluding hydrogens is 380 g/mol. The lowest BCUT2D eigenvalue weighted by Crippen LogP contribution is -2.29. The van der Waals surface area contributed by atoms with Crippen molar-refractivity contribution in [2.45, 2.75) is 12.5 Å². The highest BCUT2D eigenvalue weighted by Crippen LogP contribution is 2.28. The molecule has 8 nitrogen and oxygen atoms in total. The van der Waals surface area contributed by atoms with E-state index < -0.39 is 10.8 Å². The van der Waals surface area contributed by atoms with E-state index in [0.717, 1.165) is 16.8 Å². The van der Waals surface area contributed by atoms with Crippen molar-refractivity contribution in [1.29, 1.82) is 0 Å². The fourth-order valence-corrected chi connectivity index (χ4v) is 3.34. The van der Waals surface area contributed by atoms with Crippen molar-refractivity contribution >= 4 is 34.4 Å². The minimum atomic E-state index is -0.569. The maximum atomic E-state index is 12.8. The third-order valence-corrected chi connectivity index (χ3v) is 4.94. The molecule has 0 radical (unpaired) electrons. The second-order valence-electron chi connectivity index (χ2n) is 6.09. The van der Waals surface area contributed by atoms with E-state index in [1.165, 1.54) is 25.3 Å². The number of benzene rings is 2. The average molecular weight is 400 g/mol. The number of nitrogens with zero attached hydrogens (tertiary/aromatic N) is 2. The van der Waals surface area contributed by atoms with Gasteiger partial charge in [0.05, 0.1) is 29.1 Å². The van der Waals surface area contributed by atoms with Crippen LogP contribution in [0.2, 0.25) is 0 Å². The number of thioether (sulfide) groups is 1. The highest BCUT2D eigenvalue weighted by molar-refractivity contribution is 7.98. The van der Waals surface area contributed by atoms with Crippen molar-refractivity contribution in [3.8, 4) is 5.75 Å². The van der Waals surface area contributed by atoms with E-state index in [4.69, 9.17) is 4.74 Å². The smallest absolute Gasteiger partial charge is 0.311 e. The number of carbonyl (C=O) groups is 1. The molecule has 1 atom stereocenters. The number of aromatic amines is 1. The highest BCUT2D eigenvalue weighted by Gasteiger charge is 2.22. The van der Waals surface area contributed by atoms with E-state index >= 15 is 0 Å². The number of ether oxygens (including phenoxy) is 1. The molecule has 1 amide bonds. The number of imidazole rings is 1. The number of amides is 1. The fraction of sp³-hybridized carbons (Fsp3) is 0.263. The molecule has 0 aliphatic rings. The zero-order chi connectivity index (χ0) is 20.1. The Morgan fingerprint density at radius 1 is 1.36 bits per heavy atom.